The van der Waals surface area contributed by atoms with Crippen LogP contribution in [0.5, 0.6) is 0 Å². The van der Waals surface area contributed by atoms with Gasteiger partial charge in [-0.25, -0.2) is 0 Å². The quantitative estimate of drug-likeness (QED) is 0.387. The summed E-state index contributed by atoms with van der Waals surface area (Å²) in [5.41, 5.74) is 4.57. The average Bonchev–Trinajstić information content (AvgIpc) is 2.87. The van der Waals surface area contributed by atoms with Gasteiger partial charge in [-0.15, -0.1) is 0 Å². The first-order valence-electron chi connectivity index (χ1n) is 10.1. The van der Waals surface area contributed by atoms with E-state index in [0.717, 1.165) is 11.2 Å². The Morgan fingerprint density at radius 2 is 1.86 bits per heavy atom. The summed E-state index contributed by atoms with van der Waals surface area (Å²) >= 11 is 0. The Morgan fingerprint density at radius 1 is 1.18 bits per heavy atom. The summed E-state index contributed by atoms with van der Waals surface area (Å²) in [6.07, 6.45) is 7.67. The Kier molecular flexibility index (Phi) is 6.89. The predicted molar refractivity (Wildman–Crippen MR) is 123 cm³/mol. The Hall–Kier alpha value is -1.91. The molecule has 1 aromatic heterocycles. The number of benzene rings is 1. The number of carbonyl (C=O) groups excluding carboxylic acids is 1. The summed E-state index contributed by atoms with van der Waals surface area (Å²) < 4.78 is 8.72. The van der Waals surface area contributed by atoms with Crippen molar-refractivity contribution in [2.45, 2.75) is 72.8 Å². The number of aromatic nitrogens is 1. The zero-order valence-electron chi connectivity index (χ0n) is 18.7. The number of rotatable bonds is 7. The Balaban J connectivity index is 2.65. The molecule has 0 amide bonds. The Labute approximate surface area is 171 Å². The fourth-order valence-corrected chi connectivity index (χ4v) is 4.14. The second-order valence-corrected chi connectivity index (χ2v) is 13.7. The van der Waals surface area contributed by atoms with Gasteiger partial charge >= 0.3 is 0 Å². The van der Waals surface area contributed by atoms with E-state index >= 15 is 0 Å². The molecule has 0 bridgehead atoms. The largest absolute Gasteiger partial charge is 0.411 e. The van der Waals surface area contributed by atoms with E-state index in [0.29, 0.717) is 13.2 Å². The molecule has 0 unspecified atom stereocenters. The van der Waals surface area contributed by atoms with E-state index in [-0.39, 0.29) is 10.8 Å². The van der Waals surface area contributed by atoms with Crippen molar-refractivity contribution >= 4 is 31.1 Å². The van der Waals surface area contributed by atoms with Crippen molar-refractivity contribution in [2.75, 3.05) is 0 Å². The first-order chi connectivity index (χ1) is 13.0. The lowest BCUT2D eigenvalue weighted by Gasteiger charge is -2.36. The standard InChI is InChI=1S/C24H35NO2Si/c1-9-12-19(26)16-25-21-15-11-14-18(3)23(21)20(13-10-2)22(25)17-27-28(7,8)24(4,5)6/h9-15H,16-17H2,1-8H3. The molecule has 0 saturated heterocycles. The van der Waals surface area contributed by atoms with Gasteiger partial charge in [0.15, 0.2) is 14.1 Å². The van der Waals surface area contributed by atoms with Gasteiger partial charge in [-0.2, -0.15) is 0 Å². The van der Waals surface area contributed by atoms with Crippen LogP contribution in [0.25, 0.3) is 17.0 Å². The summed E-state index contributed by atoms with van der Waals surface area (Å²) in [6.45, 7) is 18.2. The molecule has 0 aliphatic rings. The van der Waals surface area contributed by atoms with E-state index in [2.05, 4.69) is 75.7 Å². The Morgan fingerprint density at radius 3 is 2.43 bits per heavy atom. The maximum absolute atomic E-state index is 12.5. The van der Waals surface area contributed by atoms with Crippen LogP contribution in [0.15, 0.2) is 36.4 Å². The van der Waals surface area contributed by atoms with Gasteiger partial charge in [0.25, 0.3) is 0 Å². The van der Waals surface area contributed by atoms with Crippen molar-refractivity contribution in [1.82, 2.24) is 4.57 Å². The summed E-state index contributed by atoms with van der Waals surface area (Å²) in [4.78, 5) is 12.5. The molecule has 1 aromatic carbocycles. The maximum Gasteiger partial charge on any atom is 0.192 e. The molecule has 0 atom stereocenters. The van der Waals surface area contributed by atoms with Crippen LogP contribution in [-0.2, 0) is 22.4 Å². The van der Waals surface area contributed by atoms with Crippen LogP contribution >= 0.6 is 0 Å². The molecular weight excluding hydrogens is 362 g/mol. The van der Waals surface area contributed by atoms with Crippen LogP contribution in [0, 0.1) is 6.92 Å². The topological polar surface area (TPSA) is 31.2 Å². The van der Waals surface area contributed by atoms with E-state index in [1.54, 1.807) is 12.2 Å². The van der Waals surface area contributed by atoms with Gasteiger partial charge in [0.2, 0.25) is 0 Å². The number of carbonyl (C=O) groups is 1. The lowest BCUT2D eigenvalue weighted by atomic mass is 10.1. The molecule has 28 heavy (non-hydrogen) atoms. The molecule has 3 nitrogen and oxygen atoms in total. The first kappa shape index (κ1) is 22.4. The van der Waals surface area contributed by atoms with Gasteiger partial charge in [0.05, 0.1) is 18.8 Å². The lowest BCUT2D eigenvalue weighted by Crippen LogP contribution is -2.40. The van der Waals surface area contributed by atoms with Crippen LogP contribution < -0.4 is 0 Å². The molecule has 0 aliphatic carbocycles. The van der Waals surface area contributed by atoms with Gasteiger partial charge < -0.3 is 8.99 Å². The highest BCUT2D eigenvalue weighted by atomic mass is 28.4. The minimum atomic E-state index is -1.91. The second kappa shape index (κ2) is 8.62. The third kappa shape index (κ3) is 4.56. The number of aryl methyl sites for hydroxylation is 1. The normalized spacial score (nSPS) is 13.3. The molecule has 0 N–H and O–H groups in total. The molecule has 4 heteroatoms. The summed E-state index contributed by atoms with van der Waals surface area (Å²) in [5.74, 6) is 0.0986. The van der Waals surface area contributed by atoms with Crippen molar-refractivity contribution in [3.8, 4) is 0 Å². The van der Waals surface area contributed by atoms with Gasteiger partial charge in [-0.3, -0.25) is 4.79 Å². The minimum Gasteiger partial charge on any atom is -0.411 e. The smallest absolute Gasteiger partial charge is 0.192 e. The monoisotopic (exact) mass is 397 g/mol. The first-order valence-corrected chi connectivity index (χ1v) is 13.0. The van der Waals surface area contributed by atoms with E-state index in [1.165, 1.54) is 16.5 Å². The highest BCUT2D eigenvalue weighted by molar-refractivity contribution is 6.74. The highest BCUT2D eigenvalue weighted by Gasteiger charge is 2.37. The van der Waals surface area contributed by atoms with E-state index in [4.69, 9.17) is 4.43 Å². The zero-order chi connectivity index (χ0) is 21.1. The van der Waals surface area contributed by atoms with Gasteiger partial charge in [0.1, 0.15) is 0 Å². The van der Waals surface area contributed by atoms with Crippen LogP contribution in [0.2, 0.25) is 18.1 Å². The fourth-order valence-electron chi connectivity index (χ4n) is 3.20. The molecule has 0 radical (unpaired) electrons. The number of fused-ring (bicyclic) bond motifs is 1. The van der Waals surface area contributed by atoms with Crippen LogP contribution in [0.1, 0.15) is 51.4 Å². The molecule has 2 aromatic rings. The van der Waals surface area contributed by atoms with Crippen LogP contribution in [0.3, 0.4) is 0 Å². The number of ketones is 1. The van der Waals surface area contributed by atoms with Crippen LogP contribution in [-0.4, -0.2) is 18.7 Å². The van der Waals surface area contributed by atoms with Gasteiger partial charge in [-0.1, -0.05) is 51.1 Å². The van der Waals surface area contributed by atoms with Gasteiger partial charge in [-0.05, 0) is 56.6 Å². The van der Waals surface area contributed by atoms with Crippen LogP contribution in [0.4, 0.5) is 0 Å². The molecule has 0 saturated carbocycles. The van der Waals surface area contributed by atoms with E-state index in [1.807, 2.05) is 13.8 Å². The third-order valence-electron chi connectivity index (χ3n) is 5.82. The Bertz CT molecular complexity index is 911. The predicted octanol–water partition coefficient (Wildman–Crippen LogP) is 6.65. The molecule has 0 spiro atoms. The fraction of sp³-hybridized carbons (Fsp3) is 0.458. The number of hydrogen-bond donors (Lipinski definition) is 0. The number of nitrogens with zero attached hydrogens (tertiary/aromatic N) is 1. The number of allylic oxidation sites excluding steroid dienone is 3. The summed E-state index contributed by atoms with van der Waals surface area (Å²) in [7, 11) is -1.91. The average molecular weight is 398 g/mol. The molecule has 0 aliphatic heterocycles. The third-order valence-corrected chi connectivity index (χ3v) is 10.3. The summed E-state index contributed by atoms with van der Waals surface area (Å²) in [5, 5.41) is 1.35. The van der Waals surface area contributed by atoms with Gasteiger partial charge in [0, 0.05) is 16.5 Å². The van der Waals surface area contributed by atoms with Crippen molar-refractivity contribution in [2.24, 2.45) is 0 Å². The molecule has 1 heterocycles. The second-order valence-electron chi connectivity index (χ2n) is 8.93. The summed E-state index contributed by atoms with van der Waals surface area (Å²) in [6, 6.07) is 6.30. The zero-order valence-corrected chi connectivity index (χ0v) is 19.7. The molecule has 152 valence electrons. The van der Waals surface area contributed by atoms with Crippen molar-refractivity contribution in [1.29, 1.82) is 0 Å². The van der Waals surface area contributed by atoms with E-state index < -0.39 is 8.32 Å². The molecule has 0 fully saturated rings. The van der Waals surface area contributed by atoms with Crippen molar-refractivity contribution in [3.05, 3.63) is 53.2 Å². The molecule has 2 rings (SSSR count). The minimum absolute atomic E-state index is 0.0986. The lowest BCUT2D eigenvalue weighted by molar-refractivity contribution is -0.115. The maximum atomic E-state index is 12.5. The van der Waals surface area contributed by atoms with Crippen molar-refractivity contribution in [3.63, 3.8) is 0 Å². The van der Waals surface area contributed by atoms with E-state index in [9.17, 15) is 4.79 Å². The molecular formula is C24H35NO2Si. The highest BCUT2D eigenvalue weighted by Crippen LogP contribution is 2.38. The number of hydrogen-bond acceptors (Lipinski definition) is 2. The SMILES string of the molecule is CC=CC(=O)Cn1c(CO[Si](C)(C)C(C)(C)C)c(C=CC)c2c(C)cccc21. The van der Waals surface area contributed by atoms with Crippen molar-refractivity contribution < 1.29 is 9.22 Å².